The number of rotatable bonds is 6. The minimum absolute atomic E-state index is 0.425. The van der Waals surface area contributed by atoms with Crippen molar-refractivity contribution in [3.05, 3.63) is 59.4 Å². The van der Waals surface area contributed by atoms with Gasteiger partial charge >= 0.3 is 0 Å². The minimum atomic E-state index is 0.425. The maximum Gasteiger partial charge on any atom is 0.172 e. The number of aryl methyl sites for hydroxylation is 2. The van der Waals surface area contributed by atoms with Crippen LogP contribution in [0.5, 0.6) is 0 Å². The number of benzene rings is 1. The molecular weight excluding hydrogens is 238 g/mol. The van der Waals surface area contributed by atoms with Crippen LogP contribution in [0.2, 0.25) is 0 Å². The Kier molecular flexibility index (Phi) is 4.23. The van der Waals surface area contributed by atoms with Gasteiger partial charge in [0, 0.05) is 0 Å². The molecule has 98 valence electrons. The molecule has 0 aliphatic carbocycles. The Hall–Kier alpha value is -2.23. The van der Waals surface area contributed by atoms with E-state index >= 15 is 0 Å². The molecule has 0 saturated carbocycles. The maximum absolute atomic E-state index is 11.0. The van der Waals surface area contributed by atoms with Gasteiger partial charge in [0.1, 0.15) is 5.69 Å². The van der Waals surface area contributed by atoms with Crippen LogP contribution in [0.15, 0.2) is 36.9 Å². The van der Waals surface area contributed by atoms with Crippen LogP contribution < -0.4 is 0 Å². The van der Waals surface area contributed by atoms with Crippen LogP contribution in [0.25, 0.3) is 0 Å². The fourth-order valence-corrected chi connectivity index (χ4v) is 1.98. The van der Waals surface area contributed by atoms with E-state index in [0.29, 0.717) is 12.2 Å². The largest absolute Gasteiger partial charge is 0.296 e. The fraction of sp³-hybridized carbons (Fsp3) is 0.267. The summed E-state index contributed by atoms with van der Waals surface area (Å²) in [5, 5.41) is 7.84. The highest BCUT2D eigenvalue weighted by Gasteiger charge is 2.11. The SMILES string of the molecule is C=CCn1nnc(C=O)c1CCc1ccc(C)cc1. The zero-order valence-corrected chi connectivity index (χ0v) is 11.0. The zero-order chi connectivity index (χ0) is 13.7. The molecule has 1 aromatic heterocycles. The quantitative estimate of drug-likeness (QED) is 0.588. The van der Waals surface area contributed by atoms with E-state index in [1.54, 1.807) is 10.8 Å². The van der Waals surface area contributed by atoms with Gasteiger partial charge in [-0.2, -0.15) is 0 Å². The van der Waals surface area contributed by atoms with Crippen molar-refractivity contribution in [2.75, 3.05) is 0 Å². The van der Waals surface area contributed by atoms with Crippen molar-refractivity contribution in [2.24, 2.45) is 0 Å². The maximum atomic E-state index is 11.0. The van der Waals surface area contributed by atoms with Crippen molar-refractivity contribution < 1.29 is 4.79 Å². The average Bonchev–Trinajstić information content (AvgIpc) is 2.81. The van der Waals surface area contributed by atoms with Crippen LogP contribution >= 0.6 is 0 Å². The van der Waals surface area contributed by atoms with E-state index < -0.39 is 0 Å². The second-order valence-electron chi connectivity index (χ2n) is 4.50. The summed E-state index contributed by atoms with van der Waals surface area (Å²) in [5.74, 6) is 0. The summed E-state index contributed by atoms with van der Waals surface area (Å²) < 4.78 is 1.73. The van der Waals surface area contributed by atoms with Crippen LogP contribution in [0.1, 0.15) is 27.3 Å². The number of aldehydes is 1. The Bertz CT molecular complexity index is 570. The Morgan fingerprint density at radius 3 is 2.63 bits per heavy atom. The van der Waals surface area contributed by atoms with Gasteiger partial charge in [-0.3, -0.25) is 4.79 Å². The highest BCUT2D eigenvalue weighted by Crippen LogP contribution is 2.10. The summed E-state index contributed by atoms with van der Waals surface area (Å²) in [6.07, 6.45) is 4.12. The third-order valence-corrected chi connectivity index (χ3v) is 3.05. The molecule has 0 aliphatic heterocycles. The normalized spacial score (nSPS) is 10.4. The summed E-state index contributed by atoms with van der Waals surface area (Å²) in [4.78, 5) is 11.0. The van der Waals surface area contributed by atoms with E-state index in [2.05, 4.69) is 48.1 Å². The van der Waals surface area contributed by atoms with Gasteiger partial charge in [0.15, 0.2) is 6.29 Å². The molecule has 4 nitrogen and oxygen atoms in total. The molecule has 0 N–H and O–H groups in total. The minimum Gasteiger partial charge on any atom is -0.296 e. The van der Waals surface area contributed by atoms with Crippen LogP contribution in [-0.4, -0.2) is 21.3 Å². The van der Waals surface area contributed by atoms with Crippen molar-refractivity contribution in [3.63, 3.8) is 0 Å². The second-order valence-corrected chi connectivity index (χ2v) is 4.50. The summed E-state index contributed by atoms with van der Waals surface area (Å²) in [5.41, 5.74) is 3.79. The van der Waals surface area contributed by atoms with E-state index in [4.69, 9.17) is 0 Å². The first-order valence-electron chi connectivity index (χ1n) is 6.28. The number of carbonyl (C=O) groups is 1. The molecule has 4 heteroatoms. The topological polar surface area (TPSA) is 47.8 Å². The average molecular weight is 255 g/mol. The van der Waals surface area contributed by atoms with E-state index in [-0.39, 0.29) is 0 Å². The standard InChI is InChI=1S/C15H17N3O/c1-3-10-18-15(14(11-19)16-17-18)9-8-13-6-4-12(2)5-7-13/h3-7,11H,1,8-10H2,2H3. The van der Waals surface area contributed by atoms with Crippen LogP contribution in [-0.2, 0) is 19.4 Å². The van der Waals surface area contributed by atoms with E-state index in [1.165, 1.54) is 11.1 Å². The molecule has 0 radical (unpaired) electrons. The first-order valence-corrected chi connectivity index (χ1v) is 6.28. The second kappa shape index (κ2) is 6.09. The van der Waals surface area contributed by atoms with Gasteiger partial charge in [-0.25, -0.2) is 4.68 Å². The van der Waals surface area contributed by atoms with E-state index in [0.717, 1.165) is 24.8 Å². The number of aromatic nitrogens is 3. The molecular formula is C15H17N3O. The lowest BCUT2D eigenvalue weighted by molar-refractivity contribution is 0.111. The smallest absolute Gasteiger partial charge is 0.172 e. The lowest BCUT2D eigenvalue weighted by Gasteiger charge is -2.05. The Morgan fingerprint density at radius 1 is 1.26 bits per heavy atom. The molecule has 19 heavy (non-hydrogen) atoms. The van der Waals surface area contributed by atoms with Gasteiger partial charge in [0.2, 0.25) is 0 Å². The molecule has 0 atom stereocenters. The van der Waals surface area contributed by atoms with Crippen molar-refractivity contribution in [3.8, 4) is 0 Å². The zero-order valence-electron chi connectivity index (χ0n) is 11.0. The molecule has 0 bridgehead atoms. The van der Waals surface area contributed by atoms with Crippen LogP contribution in [0, 0.1) is 6.92 Å². The lowest BCUT2D eigenvalue weighted by Crippen LogP contribution is -2.06. The third-order valence-electron chi connectivity index (χ3n) is 3.05. The first kappa shape index (κ1) is 13.2. The number of hydrogen-bond donors (Lipinski definition) is 0. The number of allylic oxidation sites excluding steroid dienone is 1. The summed E-state index contributed by atoms with van der Waals surface area (Å²) in [6, 6.07) is 8.40. The predicted molar refractivity (Wildman–Crippen MR) is 74.2 cm³/mol. The highest BCUT2D eigenvalue weighted by molar-refractivity contribution is 5.73. The lowest BCUT2D eigenvalue weighted by atomic mass is 10.1. The predicted octanol–water partition coefficient (Wildman–Crippen LogP) is 2.37. The number of hydrogen-bond acceptors (Lipinski definition) is 3. The van der Waals surface area contributed by atoms with E-state index in [1.807, 2.05) is 0 Å². The number of nitrogens with zero attached hydrogens (tertiary/aromatic N) is 3. The van der Waals surface area contributed by atoms with Gasteiger partial charge in [0.05, 0.1) is 12.2 Å². The van der Waals surface area contributed by atoms with Crippen molar-refractivity contribution in [1.29, 1.82) is 0 Å². The number of carbonyl (C=O) groups excluding carboxylic acids is 1. The Morgan fingerprint density at radius 2 is 2.00 bits per heavy atom. The van der Waals surface area contributed by atoms with Crippen molar-refractivity contribution in [2.45, 2.75) is 26.3 Å². The molecule has 0 saturated heterocycles. The summed E-state index contributed by atoms with van der Waals surface area (Å²) in [6.45, 7) is 6.32. The van der Waals surface area contributed by atoms with Crippen LogP contribution in [0.4, 0.5) is 0 Å². The fourth-order valence-electron chi connectivity index (χ4n) is 1.98. The van der Waals surface area contributed by atoms with Gasteiger partial charge < -0.3 is 0 Å². The Labute approximate surface area is 112 Å². The van der Waals surface area contributed by atoms with Gasteiger partial charge in [-0.15, -0.1) is 11.7 Å². The van der Waals surface area contributed by atoms with Crippen molar-refractivity contribution >= 4 is 6.29 Å². The van der Waals surface area contributed by atoms with E-state index in [9.17, 15) is 4.79 Å². The Balaban J connectivity index is 2.13. The molecule has 2 aromatic rings. The molecule has 1 heterocycles. The molecule has 0 aliphatic rings. The van der Waals surface area contributed by atoms with Crippen LogP contribution in [0.3, 0.4) is 0 Å². The molecule has 0 amide bonds. The molecule has 0 fully saturated rings. The molecule has 2 rings (SSSR count). The highest BCUT2D eigenvalue weighted by atomic mass is 16.1. The molecule has 1 aromatic carbocycles. The first-order chi connectivity index (χ1) is 9.24. The summed E-state index contributed by atoms with van der Waals surface area (Å²) in [7, 11) is 0. The van der Waals surface area contributed by atoms with Gasteiger partial charge in [-0.1, -0.05) is 41.1 Å². The molecule has 0 unspecified atom stereocenters. The third kappa shape index (κ3) is 3.16. The summed E-state index contributed by atoms with van der Waals surface area (Å²) >= 11 is 0. The monoisotopic (exact) mass is 255 g/mol. The molecule has 0 spiro atoms. The van der Waals surface area contributed by atoms with Gasteiger partial charge in [-0.05, 0) is 25.3 Å². The van der Waals surface area contributed by atoms with Crippen molar-refractivity contribution in [1.82, 2.24) is 15.0 Å². The van der Waals surface area contributed by atoms with Gasteiger partial charge in [0.25, 0.3) is 0 Å².